The van der Waals surface area contributed by atoms with E-state index < -0.39 is 0 Å². The molecule has 0 aromatic heterocycles. The number of allylic oxidation sites excluding steroid dienone is 1. The average molecular weight is 211 g/mol. The van der Waals surface area contributed by atoms with E-state index in [4.69, 9.17) is 4.84 Å². The summed E-state index contributed by atoms with van der Waals surface area (Å²) < 4.78 is 0. The molecule has 0 saturated carbocycles. The van der Waals surface area contributed by atoms with Crippen molar-refractivity contribution in [1.29, 1.82) is 0 Å². The van der Waals surface area contributed by atoms with Gasteiger partial charge in [0.15, 0.2) is 0 Å². The smallest absolute Gasteiger partial charge is 0.107 e. The van der Waals surface area contributed by atoms with Crippen LogP contribution in [0.1, 0.15) is 54.4 Å². The molecule has 0 N–H and O–H groups in total. The molecular weight excluding hydrogens is 186 g/mol. The predicted molar refractivity (Wildman–Crippen MR) is 64.3 cm³/mol. The van der Waals surface area contributed by atoms with Crippen molar-refractivity contribution in [2.24, 2.45) is 5.92 Å². The minimum atomic E-state index is 0.112. The third-order valence-corrected chi connectivity index (χ3v) is 3.10. The maximum atomic E-state index is 5.76. The van der Waals surface area contributed by atoms with Crippen LogP contribution in [0.15, 0.2) is 12.3 Å². The number of hydroxylamine groups is 2. The van der Waals surface area contributed by atoms with Gasteiger partial charge in [-0.05, 0) is 53.4 Å². The third-order valence-electron chi connectivity index (χ3n) is 3.10. The Hall–Kier alpha value is -0.500. The third kappa shape index (κ3) is 2.75. The van der Waals surface area contributed by atoms with Crippen molar-refractivity contribution < 1.29 is 4.84 Å². The molecule has 0 spiro atoms. The van der Waals surface area contributed by atoms with Crippen LogP contribution in [0.2, 0.25) is 0 Å². The Labute approximate surface area is 94.3 Å². The summed E-state index contributed by atoms with van der Waals surface area (Å²) in [5.74, 6) is 0.764. The van der Waals surface area contributed by atoms with Gasteiger partial charge in [-0.1, -0.05) is 13.0 Å². The lowest BCUT2D eigenvalue weighted by atomic mass is 9.76. The molecule has 0 aliphatic carbocycles. The summed E-state index contributed by atoms with van der Waals surface area (Å²) >= 11 is 0. The van der Waals surface area contributed by atoms with Gasteiger partial charge in [0.1, 0.15) is 6.26 Å². The lowest BCUT2D eigenvalue weighted by Crippen LogP contribution is -2.59. The van der Waals surface area contributed by atoms with Crippen LogP contribution in [-0.4, -0.2) is 16.1 Å². The van der Waals surface area contributed by atoms with Crippen molar-refractivity contribution in [2.75, 3.05) is 0 Å². The number of rotatable bonds is 2. The van der Waals surface area contributed by atoms with Crippen LogP contribution in [0.4, 0.5) is 0 Å². The number of nitrogens with zero attached hydrogens (tertiary/aromatic N) is 1. The fourth-order valence-electron chi connectivity index (χ4n) is 3.17. The molecule has 0 radical (unpaired) electrons. The first-order chi connectivity index (χ1) is 6.79. The second-order valence-corrected chi connectivity index (χ2v) is 6.01. The fraction of sp³-hybridized carbons (Fsp3) is 0.846. The van der Waals surface area contributed by atoms with Crippen LogP contribution < -0.4 is 0 Å². The van der Waals surface area contributed by atoms with Crippen LogP contribution in [0, 0.1) is 5.92 Å². The molecule has 2 nitrogen and oxygen atoms in total. The van der Waals surface area contributed by atoms with Crippen LogP contribution >= 0.6 is 0 Å². The number of hydrogen-bond donors (Lipinski definition) is 0. The highest BCUT2D eigenvalue weighted by molar-refractivity contribution is 4.95. The summed E-state index contributed by atoms with van der Waals surface area (Å²) in [6.45, 7) is 13.3. The predicted octanol–water partition coefficient (Wildman–Crippen LogP) is 3.74. The highest BCUT2D eigenvalue weighted by atomic mass is 16.7. The number of hydrogen-bond acceptors (Lipinski definition) is 2. The largest absolute Gasteiger partial charge is 0.413 e. The van der Waals surface area contributed by atoms with E-state index in [0.717, 1.165) is 5.92 Å². The fourth-order valence-corrected chi connectivity index (χ4v) is 3.17. The van der Waals surface area contributed by atoms with Gasteiger partial charge in [0.05, 0.1) is 11.1 Å². The molecule has 1 aliphatic rings. The van der Waals surface area contributed by atoms with E-state index in [2.05, 4.69) is 39.7 Å². The van der Waals surface area contributed by atoms with E-state index in [-0.39, 0.29) is 11.1 Å². The van der Waals surface area contributed by atoms with E-state index >= 15 is 0 Å². The zero-order chi connectivity index (χ0) is 11.7. The van der Waals surface area contributed by atoms with Crippen molar-refractivity contribution in [3.05, 3.63) is 12.3 Å². The number of piperidine rings is 1. The van der Waals surface area contributed by atoms with Gasteiger partial charge in [0.25, 0.3) is 0 Å². The molecule has 1 rings (SSSR count). The summed E-state index contributed by atoms with van der Waals surface area (Å²) in [5.41, 5.74) is 0.224. The van der Waals surface area contributed by atoms with Gasteiger partial charge in [0.2, 0.25) is 0 Å². The van der Waals surface area contributed by atoms with Gasteiger partial charge in [0, 0.05) is 0 Å². The minimum Gasteiger partial charge on any atom is -0.413 e. The molecule has 1 saturated heterocycles. The molecule has 0 amide bonds. The van der Waals surface area contributed by atoms with Gasteiger partial charge in [-0.2, -0.15) is 0 Å². The summed E-state index contributed by atoms with van der Waals surface area (Å²) in [7, 11) is 0. The normalized spacial score (nSPS) is 27.1. The molecule has 88 valence electrons. The highest BCUT2D eigenvalue weighted by Gasteiger charge is 2.45. The summed E-state index contributed by atoms with van der Waals surface area (Å²) in [6, 6.07) is 0. The Kier molecular flexibility index (Phi) is 3.49. The first-order valence-electron chi connectivity index (χ1n) is 5.88. The second kappa shape index (κ2) is 4.17. The van der Waals surface area contributed by atoms with Crippen molar-refractivity contribution in [3.63, 3.8) is 0 Å². The van der Waals surface area contributed by atoms with Gasteiger partial charge in [-0.3, -0.25) is 0 Å². The second-order valence-electron chi connectivity index (χ2n) is 6.01. The Morgan fingerprint density at radius 2 is 1.60 bits per heavy atom. The molecular formula is C13H25NO. The quantitative estimate of drug-likeness (QED) is 0.645. The molecule has 0 aromatic carbocycles. The zero-order valence-electron chi connectivity index (χ0n) is 11.0. The van der Waals surface area contributed by atoms with Gasteiger partial charge < -0.3 is 4.84 Å². The van der Waals surface area contributed by atoms with Gasteiger partial charge >= 0.3 is 0 Å². The van der Waals surface area contributed by atoms with Crippen LogP contribution in [0.5, 0.6) is 0 Å². The summed E-state index contributed by atoms with van der Waals surface area (Å²) in [6.07, 6.45) is 6.09. The van der Waals surface area contributed by atoms with E-state index in [1.54, 1.807) is 6.26 Å². The van der Waals surface area contributed by atoms with Crippen LogP contribution in [0.3, 0.4) is 0 Å². The molecule has 0 bridgehead atoms. The zero-order valence-corrected chi connectivity index (χ0v) is 11.0. The molecule has 0 unspecified atom stereocenters. The molecule has 15 heavy (non-hydrogen) atoms. The molecule has 1 heterocycles. The molecule has 0 atom stereocenters. The highest BCUT2D eigenvalue weighted by Crippen LogP contribution is 2.41. The minimum absolute atomic E-state index is 0.112. The van der Waals surface area contributed by atoms with Crippen LogP contribution in [0.25, 0.3) is 0 Å². The first kappa shape index (κ1) is 12.6. The van der Waals surface area contributed by atoms with Crippen molar-refractivity contribution in [2.45, 2.75) is 65.5 Å². The summed E-state index contributed by atoms with van der Waals surface area (Å²) in [4.78, 5) is 5.76. The Morgan fingerprint density at radius 3 is 2.00 bits per heavy atom. The lowest BCUT2D eigenvalue weighted by molar-refractivity contribution is -0.254. The van der Waals surface area contributed by atoms with E-state index in [9.17, 15) is 0 Å². The standard InChI is InChI=1S/C13H25NO/c1-7-8-15-14-12(3,4)9-11(2)10-13(14,5)6/h7-8,11H,9-10H2,1-6H3. The average Bonchev–Trinajstić information content (AvgIpc) is 1.98. The Bertz CT molecular complexity index is 225. The SMILES string of the molecule is CC=CON1C(C)(C)CC(C)CC1(C)C. The molecule has 2 heteroatoms. The van der Waals surface area contributed by atoms with E-state index in [1.165, 1.54) is 12.8 Å². The molecule has 0 aromatic rings. The van der Waals surface area contributed by atoms with Crippen molar-refractivity contribution in [1.82, 2.24) is 5.06 Å². The maximum Gasteiger partial charge on any atom is 0.107 e. The Balaban J connectivity index is 2.87. The topological polar surface area (TPSA) is 12.5 Å². The van der Waals surface area contributed by atoms with E-state index in [0.29, 0.717) is 0 Å². The van der Waals surface area contributed by atoms with Crippen LogP contribution in [-0.2, 0) is 4.84 Å². The Morgan fingerprint density at radius 1 is 1.13 bits per heavy atom. The molecule has 1 fully saturated rings. The molecule has 1 aliphatic heterocycles. The first-order valence-corrected chi connectivity index (χ1v) is 5.88. The summed E-state index contributed by atoms with van der Waals surface area (Å²) in [5, 5.41) is 2.15. The monoisotopic (exact) mass is 211 g/mol. The van der Waals surface area contributed by atoms with E-state index in [1.807, 2.05) is 13.0 Å². The van der Waals surface area contributed by atoms with Crippen molar-refractivity contribution >= 4 is 0 Å². The lowest BCUT2D eigenvalue weighted by Gasteiger charge is -2.52. The van der Waals surface area contributed by atoms with Gasteiger partial charge in [-0.25, -0.2) is 0 Å². The maximum absolute atomic E-state index is 5.76. The van der Waals surface area contributed by atoms with Gasteiger partial charge in [-0.15, -0.1) is 5.06 Å². The van der Waals surface area contributed by atoms with Crippen molar-refractivity contribution in [3.8, 4) is 0 Å².